The number of carbonyl (C=O) groups excluding carboxylic acids is 3. The molecule has 0 radical (unpaired) electrons. The summed E-state index contributed by atoms with van der Waals surface area (Å²) in [6.45, 7) is 5.32. The number of carbonyl (C=O) groups is 3. The Hall–Kier alpha value is -3.20. The average Bonchev–Trinajstić information content (AvgIpc) is 2.96. The van der Waals surface area contributed by atoms with Gasteiger partial charge in [-0.1, -0.05) is 12.1 Å². The molecule has 0 aliphatic carbocycles. The van der Waals surface area contributed by atoms with Crippen LogP contribution in [0.4, 0.5) is 24.5 Å². The number of aldehydes is 1. The van der Waals surface area contributed by atoms with Crippen LogP contribution in [0.15, 0.2) is 36.4 Å². The van der Waals surface area contributed by atoms with Crippen molar-refractivity contribution in [1.82, 2.24) is 10.9 Å². The summed E-state index contributed by atoms with van der Waals surface area (Å²) in [5, 5.41) is 0. The first-order valence-corrected chi connectivity index (χ1v) is 9.64. The summed E-state index contributed by atoms with van der Waals surface area (Å²) in [7, 11) is 0. The molecule has 1 aliphatic heterocycles. The number of amides is 2. The topological polar surface area (TPSA) is 78.5 Å². The van der Waals surface area contributed by atoms with Crippen LogP contribution in [0.2, 0.25) is 0 Å². The number of fused-ring (bicyclic) bond motifs is 1. The molecule has 2 N–H and O–H groups in total. The number of benzene rings is 2. The SMILES string of the molecule is Cc1cc(C)cc(N2C(=O)C(C(C)NNC(=O)CC=O)c3ccc(C(F)(F)F)cc32)c1. The van der Waals surface area contributed by atoms with E-state index < -0.39 is 35.5 Å². The number of nitrogens with one attached hydrogen (secondary N) is 2. The number of rotatable bonds is 6. The first-order chi connectivity index (χ1) is 14.5. The van der Waals surface area contributed by atoms with Crippen molar-refractivity contribution in [3.63, 3.8) is 0 Å². The Kier molecular flexibility index (Phi) is 6.17. The fourth-order valence-electron chi connectivity index (χ4n) is 3.80. The third kappa shape index (κ3) is 4.61. The number of hydrazine groups is 1. The third-order valence-corrected chi connectivity index (χ3v) is 5.09. The van der Waals surface area contributed by atoms with E-state index in [4.69, 9.17) is 0 Å². The van der Waals surface area contributed by atoms with Gasteiger partial charge < -0.3 is 4.79 Å². The minimum atomic E-state index is -4.56. The zero-order valence-corrected chi connectivity index (χ0v) is 17.2. The molecular formula is C22H22F3N3O3. The lowest BCUT2D eigenvalue weighted by atomic mass is 9.93. The summed E-state index contributed by atoms with van der Waals surface area (Å²) in [5.41, 5.74) is 6.97. The maximum absolute atomic E-state index is 13.4. The van der Waals surface area contributed by atoms with Gasteiger partial charge in [-0.25, -0.2) is 5.43 Å². The van der Waals surface area contributed by atoms with Crippen LogP contribution in [0, 0.1) is 13.8 Å². The predicted octanol–water partition coefficient (Wildman–Crippen LogP) is 3.68. The van der Waals surface area contributed by atoms with Gasteiger partial charge in [-0.2, -0.15) is 13.2 Å². The predicted molar refractivity (Wildman–Crippen MR) is 109 cm³/mol. The molecule has 31 heavy (non-hydrogen) atoms. The monoisotopic (exact) mass is 433 g/mol. The van der Waals surface area contributed by atoms with Crippen LogP contribution < -0.4 is 15.8 Å². The van der Waals surface area contributed by atoms with Crippen LogP contribution in [-0.4, -0.2) is 24.1 Å². The van der Waals surface area contributed by atoms with Gasteiger partial charge in [0.05, 0.1) is 23.6 Å². The van der Waals surface area contributed by atoms with Crippen LogP contribution in [0.3, 0.4) is 0 Å². The van der Waals surface area contributed by atoms with Gasteiger partial charge in [-0.15, -0.1) is 0 Å². The van der Waals surface area contributed by atoms with Crippen molar-refractivity contribution in [2.24, 2.45) is 0 Å². The average molecular weight is 433 g/mol. The second kappa shape index (κ2) is 8.50. The fourth-order valence-corrected chi connectivity index (χ4v) is 3.80. The van der Waals surface area contributed by atoms with Gasteiger partial charge in [0.25, 0.3) is 0 Å². The molecule has 0 bridgehead atoms. The Morgan fingerprint density at radius 3 is 2.39 bits per heavy atom. The number of hydrogen-bond donors (Lipinski definition) is 2. The molecular weight excluding hydrogens is 411 g/mol. The summed E-state index contributed by atoms with van der Waals surface area (Å²) in [6, 6.07) is 7.96. The molecule has 0 aromatic heterocycles. The van der Waals surface area contributed by atoms with Gasteiger partial charge in [0.2, 0.25) is 11.8 Å². The third-order valence-electron chi connectivity index (χ3n) is 5.09. The minimum absolute atomic E-state index is 0.155. The Bertz CT molecular complexity index is 1020. The summed E-state index contributed by atoms with van der Waals surface area (Å²) < 4.78 is 40.1. The normalized spacial score (nSPS) is 16.8. The molecule has 0 saturated carbocycles. The Morgan fingerprint density at radius 1 is 1.16 bits per heavy atom. The Labute approximate surface area is 177 Å². The van der Waals surface area contributed by atoms with Crippen molar-refractivity contribution >= 4 is 29.5 Å². The molecule has 2 amide bonds. The van der Waals surface area contributed by atoms with Crippen molar-refractivity contribution in [2.75, 3.05) is 4.90 Å². The van der Waals surface area contributed by atoms with Crippen LogP contribution >= 0.6 is 0 Å². The van der Waals surface area contributed by atoms with E-state index in [-0.39, 0.29) is 12.1 Å². The molecule has 1 aliphatic rings. The second-order valence-electron chi connectivity index (χ2n) is 7.62. The second-order valence-corrected chi connectivity index (χ2v) is 7.62. The highest BCUT2D eigenvalue weighted by Gasteiger charge is 2.43. The van der Waals surface area contributed by atoms with Gasteiger partial charge in [0, 0.05) is 11.7 Å². The van der Waals surface area contributed by atoms with Gasteiger partial charge >= 0.3 is 6.18 Å². The van der Waals surface area contributed by atoms with Gasteiger partial charge in [0.15, 0.2) is 0 Å². The first-order valence-electron chi connectivity index (χ1n) is 9.64. The summed E-state index contributed by atoms with van der Waals surface area (Å²) in [5.74, 6) is -1.83. The Balaban J connectivity index is 2.05. The van der Waals surface area contributed by atoms with Gasteiger partial charge in [-0.05, 0) is 61.7 Å². The molecule has 0 fully saturated rings. The quantitative estimate of drug-likeness (QED) is 0.414. The number of hydrogen-bond acceptors (Lipinski definition) is 4. The van der Waals surface area contributed by atoms with E-state index in [9.17, 15) is 27.6 Å². The maximum Gasteiger partial charge on any atom is 0.416 e. The van der Waals surface area contributed by atoms with Crippen LogP contribution in [0.25, 0.3) is 0 Å². The molecule has 6 nitrogen and oxygen atoms in total. The van der Waals surface area contributed by atoms with E-state index in [0.717, 1.165) is 23.3 Å². The summed E-state index contributed by atoms with van der Waals surface area (Å²) >= 11 is 0. The molecule has 2 aromatic rings. The van der Waals surface area contributed by atoms with Crippen LogP contribution in [0.1, 0.15) is 41.5 Å². The molecule has 3 rings (SSSR count). The van der Waals surface area contributed by atoms with Crippen molar-refractivity contribution < 1.29 is 27.6 Å². The number of nitrogens with zero attached hydrogens (tertiary/aromatic N) is 1. The number of alkyl halides is 3. The van der Waals surface area contributed by atoms with Crippen molar-refractivity contribution in [3.05, 3.63) is 58.7 Å². The number of halogens is 3. The highest BCUT2D eigenvalue weighted by molar-refractivity contribution is 6.11. The van der Waals surface area contributed by atoms with Crippen molar-refractivity contribution in [2.45, 2.75) is 45.3 Å². The fraction of sp³-hybridized carbons (Fsp3) is 0.318. The lowest BCUT2D eigenvalue weighted by molar-refractivity contribution is -0.137. The van der Waals surface area contributed by atoms with Gasteiger partial charge in [-0.3, -0.25) is 19.9 Å². The smallest absolute Gasteiger partial charge is 0.303 e. The number of anilines is 2. The molecule has 0 spiro atoms. The van der Waals surface area contributed by atoms with E-state index in [2.05, 4.69) is 10.9 Å². The first kappa shape index (κ1) is 22.5. The molecule has 9 heteroatoms. The zero-order chi connectivity index (χ0) is 22.9. The molecule has 2 atom stereocenters. The van der Waals surface area contributed by atoms with E-state index in [1.165, 1.54) is 11.0 Å². The van der Waals surface area contributed by atoms with Gasteiger partial charge in [0.1, 0.15) is 6.29 Å². The number of aryl methyl sites for hydroxylation is 2. The standard InChI is InChI=1S/C22H22F3N3O3/c1-12-8-13(2)10-16(9-12)28-18-11-15(22(23,24)25)4-5-17(18)20(21(28)31)14(3)26-27-19(30)6-7-29/h4-5,7-11,14,20,26H,6H2,1-3H3,(H,27,30). The molecule has 1 heterocycles. The van der Waals surface area contributed by atoms with E-state index in [1.807, 2.05) is 19.9 Å². The highest BCUT2D eigenvalue weighted by Crippen LogP contribution is 2.46. The lowest BCUT2D eigenvalue weighted by Crippen LogP contribution is -2.47. The van der Waals surface area contributed by atoms with E-state index in [1.54, 1.807) is 19.1 Å². The van der Waals surface area contributed by atoms with E-state index in [0.29, 0.717) is 17.5 Å². The largest absolute Gasteiger partial charge is 0.416 e. The summed E-state index contributed by atoms with van der Waals surface area (Å²) in [6.07, 6.45) is -4.46. The zero-order valence-electron chi connectivity index (χ0n) is 17.2. The molecule has 2 unspecified atom stereocenters. The molecule has 0 saturated heterocycles. The minimum Gasteiger partial charge on any atom is -0.303 e. The lowest BCUT2D eigenvalue weighted by Gasteiger charge is -2.22. The maximum atomic E-state index is 13.4. The van der Waals surface area contributed by atoms with Crippen molar-refractivity contribution in [3.8, 4) is 0 Å². The van der Waals surface area contributed by atoms with E-state index >= 15 is 0 Å². The van der Waals surface area contributed by atoms with Crippen LogP contribution in [0.5, 0.6) is 0 Å². The highest BCUT2D eigenvalue weighted by atomic mass is 19.4. The van der Waals surface area contributed by atoms with Crippen molar-refractivity contribution in [1.29, 1.82) is 0 Å². The molecule has 2 aromatic carbocycles. The summed E-state index contributed by atoms with van der Waals surface area (Å²) in [4.78, 5) is 36.7. The van der Waals surface area contributed by atoms with Crippen LogP contribution in [-0.2, 0) is 20.6 Å². The Morgan fingerprint density at radius 2 is 1.81 bits per heavy atom. The molecule has 164 valence electrons.